The van der Waals surface area contributed by atoms with E-state index in [1.165, 1.54) is 11.1 Å². The Balaban J connectivity index is 2.88. The summed E-state index contributed by atoms with van der Waals surface area (Å²) in [6.07, 6.45) is 5.18. The molecule has 0 N–H and O–H groups in total. The van der Waals surface area contributed by atoms with Gasteiger partial charge in [-0.25, -0.2) is 0 Å². The molecule has 0 aliphatic rings. The number of aromatic nitrogens is 1. The summed E-state index contributed by atoms with van der Waals surface area (Å²) < 4.78 is 2.00. The van der Waals surface area contributed by atoms with Gasteiger partial charge in [0.2, 0.25) is 0 Å². The van der Waals surface area contributed by atoms with Crippen LogP contribution in [0.3, 0.4) is 0 Å². The molecule has 0 fully saturated rings. The van der Waals surface area contributed by atoms with Crippen LogP contribution >= 0.6 is 0 Å². The first kappa shape index (κ1) is 5.54. The van der Waals surface area contributed by atoms with Crippen molar-refractivity contribution in [3.63, 3.8) is 0 Å². The number of nitrogens with zero attached hydrogens (tertiary/aromatic N) is 1. The minimum absolute atomic E-state index is 1.19. The number of rotatable bonds is 0. The van der Waals surface area contributed by atoms with E-state index in [1.54, 1.807) is 0 Å². The smallest absolute Gasteiger partial charge is 0.0729 e. The summed E-state index contributed by atoms with van der Waals surface area (Å²) in [6, 6.07) is 8.22. The third kappa shape index (κ3) is 0.711. The first-order chi connectivity index (χ1) is 4.86. The Morgan fingerprint density at radius 1 is 1.40 bits per heavy atom. The lowest BCUT2D eigenvalue weighted by atomic mass is 10.3. The van der Waals surface area contributed by atoms with Gasteiger partial charge < -0.3 is 4.40 Å². The molecule has 0 saturated heterocycles. The molecule has 49 valence electrons. The van der Waals surface area contributed by atoms with Gasteiger partial charge in [-0.1, -0.05) is 6.07 Å². The van der Waals surface area contributed by atoms with Crippen molar-refractivity contribution in [1.29, 1.82) is 0 Å². The average Bonchev–Trinajstić information content (AvgIpc) is 2.27. The Morgan fingerprint density at radius 3 is 3.10 bits per heavy atom. The zero-order chi connectivity index (χ0) is 6.97. The van der Waals surface area contributed by atoms with E-state index in [1.807, 2.05) is 29.7 Å². The van der Waals surface area contributed by atoms with Gasteiger partial charge >= 0.3 is 0 Å². The van der Waals surface area contributed by atoms with E-state index in [0.29, 0.717) is 0 Å². The second-order valence-corrected chi connectivity index (χ2v) is 2.43. The van der Waals surface area contributed by atoms with Crippen molar-refractivity contribution in [1.82, 2.24) is 4.40 Å². The van der Waals surface area contributed by atoms with Crippen molar-refractivity contribution >= 4 is 5.52 Å². The van der Waals surface area contributed by atoms with Crippen LogP contribution in [0.4, 0.5) is 0 Å². The first-order valence-electron chi connectivity index (χ1n) is 3.32. The highest BCUT2D eigenvalue weighted by Gasteiger charge is 1.91. The molecule has 0 aromatic carbocycles. The Morgan fingerprint density at radius 2 is 2.30 bits per heavy atom. The number of hydrogen-bond donors (Lipinski definition) is 0. The second kappa shape index (κ2) is 1.87. The minimum atomic E-state index is 1.19. The molecule has 2 rings (SSSR count). The van der Waals surface area contributed by atoms with Crippen LogP contribution in [0.5, 0.6) is 0 Å². The topological polar surface area (TPSA) is 4.41 Å². The Kier molecular flexibility index (Phi) is 1.04. The summed E-state index contributed by atoms with van der Waals surface area (Å²) in [5.41, 5.74) is 2.39. The van der Waals surface area contributed by atoms with Gasteiger partial charge in [0.15, 0.2) is 0 Å². The quantitative estimate of drug-likeness (QED) is 0.514. The zero-order valence-electron chi connectivity index (χ0n) is 5.83. The van der Waals surface area contributed by atoms with Gasteiger partial charge in [0.1, 0.15) is 0 Å². The molecule has 0 aliphatic carbocycles. The van der Waals surface area contributed by atoms with Gasteiger partial charge in [-0.2, -0.15) is 0 Å². The molecule has 0 atom stereocenters. The fraction of sp³-hybridized carbons (Fsp3) is 0.111. The highest BCUT2D eigenvalue weighted by atomic mass is 14.8. The lowest BCUT2D eigenvalue weighted by Gasteiger charge is -1.87. The van der Waals surface area contributed by atoms with Gasteiger partial charge in [-0.15, -0.1) is 0 Å². The molecule has 2 aromatic rings. The first-order valence-corrected chi connectivity index (χ1v) is 3.32. The fourth-order valence-corrected chi connectivity index (χ4v) is 1.12. The van der Waals surface area contributed by atoms with Crippen molar-refractivity contribution in [3.8, 4) is 0 Å². The highest BCUT2D eigenvalue weighted by molar-refractivity contribution is 5.49. The summed E-state index contributed by atoms with van der Waals surface area (Å²) in [5, 5.41) is 0. The van der Waals surface area contributed by atoms with Crippen molar-refractivity contribution in [2.24, 2.45) is 0 Å². The van der Waals surface area contributed by atoms with Crippen LogP contribution in [-0.4, -0.2) is 4.40 Å². The largest absolute Gasteiger partial charge is 0.315 e. The normalized spacial score (nSPS) is 10.5. The minimum Gasteiger partial charge on any atom is -0.315 e. The molecule has 2 heterocycles. The SMILES string of the molecule is Cc1[c]n2ccccc2c1. The van der Waals surface area contributed by atoms with Crippen LogP contribution in [0, 0.1) is 13.1 Å². The van der Waals surface area contributed by atoms with Crippen LogP contribution in [0.25, 0.3) is 5.52 Å². The summed E-state index contributed by atoms with van der Waals surface area (Å²) in [7, 11) is 0. The van der Waals surface area contributed by atoms with Gasteiger partial charge in [0.05, 0.1) is 6.20 Å². The van der Waals surface area contributed by atoms with Crippen molar-refractivity contribution < 1.29 is 0 Å². The molecule has 0 spiro atoms. The van der Waals surface area contributed by atoms with Gasteiger partial charge in [-0.05, 0) is 30.7 Å². The summed E-state index contributed by atoms with van der Waals surface area (Å²) in [6.45, 7) is 2.05. The van der Waals surface area contributed by atoms with E-state index in [2.05, 4.69) is 18.3 Å². The van der Waals surface area contributed by atoms with Crippen LogP contribution in [-0.2, 0) is 0 Å². The Hall–Kier alpha value is -1.24. The highest BCUT2D eigenvalue weighted by Crippen LogP contribution is 2.06. The van der Waals surface area contributed by atoms with E-state index in [9.17, 15) is 0 Å². The Bertz CT molecular complexity index is 313. The fourth-order valence-electron chi connectivity index (χ4n) is 1.12. The molecule has 0 aliphatic heterocycles. The third-order valence-electron chi connectivity index (χ3n) is 1.55. The van der Waals surface area contributed by atoms with E-state index in [-0.39, 0.29) is 0 Å². The average molecular weight is 130 g/mol. The standard InChI is InChI=1S/C9H8N/c1-8-6-9-4-2-3-5-10(9)7-8/h2-6H,1H3. The van der Waals surface area contributed by atoms with E-state index < -0.39 is 0 Å². The second-order valence-electron chi connectivity index (χ2n) is 2.43. The van der Waals surface area contributed by atoms with Crippen LogP contribution < -0.4 is 0 Å². The van der Waals surface area contributed by atoms with Crippen LogP contribution in [0.2, 0.25) is 0 Å². The van der Waals surface area contributed by atoms with Crippen LogP contribution in [0.15, 0.2) is 30.5 Å². The van der Waals surface area contributed by atoms with Gasteiger partial charge in [0, 0.05) is 11.7 Å². The zero-order valence-corrected chi connectivity index (χ0v) is 5.83. The molecule has 0 amide bonds. The maximum Gasteiger partial charge on any atom is 0.0729 e. The molecule has 10 heavy (non-hydrogen) atoms. The predicted octanol–water partition coefficient (Wildman–Crippen LogP) is 2.05. The summed E-state index contributed by atoms with van der Waals surface area (Å²) in [4.78, 5) is 0. The molecule has 1 heteroatoms. The lowest BCUT2D eigenvalue weighted by molar-refractivity contribution is 1.17. The molecular formula is C9H8N. The van der Waals surface area contributed by atoms with E-state index >= 15 is 0 Å². The van der Waals surface area contributed by atoms with Crippen molar-refractivity contribution in [2.45, 2.75) is 6.92 Å². The molecule has 1 radical (unpaired) electrons. The predicted molar refractivity (Wildman–Crippen MR) is 41.0 cm³/mol. The molecule has 1 nitrogen and oxygen atoms in total. The van der Waals surface area contributed by atoms with E-state index in [4.69, 9.17) is 0 Å². The summed E-state index contributed by atoms with van der Waals surface area (Å²) in [5.74, 6) is 0. The Labute approximate surface area is 59.9 Å². The maximum absolute atomic E-state index is 3.18. The maximum atomic E-state index is 3.18. The number of pyridine rings is 1. The molecule has 0 bridgehead atoms. The number of hydrogen-bond acceptors (Lipinski definition) is 0. The molecule has 0 unspecified atom stereocenters. The number of aryl methyl sites for hydroxylation is 1. The van der Waals surface area contributed by atoms with Gasteiger partial charge in [0.25, 0.3) is 0 Å². The van der Waals surface area contributed by atoms with E-state index in [0.717, 1.165) is 0 Å². The molecule has 0 saturated carbocycles. The lowest BCUT2D eigenvalue weighted by Crippen LogP contribution is -1.76. The van der Waals surface area contributed by atoms with Crippen LogP contribution in [0.1, 0.15) is 5.56 Å². The third-order valence-corrected chi connectivity index (χ3v) is 1.55. The van der Waals surface area contributed by atoms with Crippen molar-refractivity contribution in [2.75, 3.05) is 0 Å². The molecular weight excluding hydrogens is 122 g/mol. The number of fused-ring (bicyclic) bond motifs is 1. The van der Waals surface area contributed by atoms with Crippen molar-refractivity contribution in [3.05, 3.63) is 42.2 Å². The summed E-state index contributed by atoms with van der Waals surface area (Å²) >= 11 is 0. The van der Waals surface area contributed by atoms with Gasteiger partial charge in [-0.3, -0.25) is 0 Å². The monoisotopic (exact) mass is 130 g/mol. The molecule has 2 aromatic heterocycles.